The molecule has 1 atom stereocenters. The zero-order valence-corrected chi connectivity index (χ0v) is 32.4. The van der Waals surface area contributed by atoms with Crippen LogP contribution < -0.4 is 0 Å². The summed E-state index contributed by atoms with van der Waals surface area (Å²) in [5, 5.41) is 0. The van der Waals surface area contributed by atoms with Gasteiger partial charge in [-0.3, -0.25) is 14.4 Å². The summed E-state index contributed by atoms with van der Waals surface area (Å²) in [6, 6.07) is 0. The lowest BCUT2D eigenvalue weighted by Crippen LogP contribution is -2.30. The van der Waals surface area contributed by atoms with Crippen molar-refractivity contribution in [3.8, 4) is 0 Å². The number of rotatable bonds is 37. The monoisotopic (exact) mass is 681 g/mol. The molecule has 6 heteroatoms. The molecule has 0 unspecified atom stereocenters. The summed E-state index contributed by atoms with van der Waals surface area (Å²) in [5.74, 6) is -0.0683. The van der Waals surface area contributed by atoms with Gasteiger partial charge in [-0.15, -0.1) is 0 Å². The molecule has 0 fully saturated rings. The van der Waals surface area contributed by atoms with Crippen LogP contribution in [0.5, 0.6) is 0 Å². The van der Waals surface area contributed by atoms with E-state index in [1.165, 1.54) is 116 Å². The second kappa shape index (κ2) is 36.7. The molecule has 0 aromatic rings. The predicted molar refractivity (Wildman–Crippen MR) is 201 cm³/mol. The van der Waals surface area contributed by atoms with Gasteiger partial charge in [0, 0.05) is 19.3 Å². The SMILES string of the molecule is CCCCCCCCCCCCCCCC(=O)OC[C@H](COC(=O)CCCCCCC)OC(=O)CCCCCCCCCCCC(C)C. The highest BCUT2D eigenvalue weighted by molar-refractivity contribution is 5.71. The molecule has 284 valence electrons. The molecule has 0 spiro atoms. The van der Waals surface area contributed by atoms with Gasteiger partial charge in [0.05, 0.1) is 0 Å². The van der Waals surface area contributed by atoms with Crippen molar-refractivity contribution in [3.63, 3.8) is 0 Å². The first-order valence-electron chi connectivity index (χ1n) is 20.9. The summed E-state index contributed by atoms with van der Waals surface area (Å²) >= 11 is 0. The minimum absolute atomic E-state index is 0.0655. The maximum absolute atomic E-state index is 12.6. The van der Waals surface area contributed by atoms with Crippen LogP contribution in [0.1, 0.15) is 227 Å². The second-order valence-electron chi connectivity index (χ2n) is 14.7. The first kappa shape index (κ1) is 46.4. The molecule has 6 nitrogen and oxygen atoms in total. The van der Waals surface area contributed by atoms with E-state index in [0.29, 0.717) is 19.3 Å². The molecule has 0 heterocycles. The largest absolute Gasteiger partial charge is 0.462 e. The van der Waals surface area contributed by atoms with Crippen LogP contribution >= 0.6 is 0 Å². The number of unbranched alkanes of at least 4 members (excludes halogenated alkanes) is 24. The molecular formula is C42H80O6. The quantitative estimate of drug-likeness (QED) is 0.0369. The van der Waals surface area contributed by atoms with E-state index in [0.717, 1.165) is 70.1 Å². The molecule has 0 aromatic heterocycles. The Bertz CT molecular complexity index is 721. The minimum Gasteiger partial charge on any atom is -0.462 e. The van der Waals surface area contributed by atoms with E-state index in [1.807, 2.05) is 0 Å². The van der Waals surface area contributed by atoms with Crippen LogP contribution in [0, 0.1) is 5.92 Å². The number of hydrogen-bond donors (Lipinski definition) is 0. The molecule has 0 aliphatic heterocycles. The highest BCUT2D eigenvalue weighted by Gasteiger charge is 2.19. The third-order valence-corrected chi connectivity index (χ3v) is 9.29. The zero-order chi connectivity index (χ0) is 35.3. The van der Waals surface area contributed by atoms with Crippen molar-refractivity contribution < 1.29 is 28.6 Å². The van der Waals surface area contributed by atoms with E-state index in [2.05, 4.69) is 27.7 Å². The Morgan fingerprint density at radius 1 is 0.396 bits per heavy atom. The fourth-order valence-corrected chi connectivity index (χ4v) is 6.10. The average molecular weight is 681 g/mol. The van der Waals surface area contributed by atoms with E-state index < -0.39 is 6.10 Å². The van der Waals surface area contributed by atoms with Crippen molar-refractivity contribution in [2.24, 2.45) is 5.92 Å². The zero-order valence-electron chi connectivity index (χ0n) is 32.4. The molecule has 0 aromatic carbocycles. The number of carbonyl (C=O) groups is 3. The molecule has 0 N–H and O–H groups in total. The van der Waals surface area contributed by atoms with Gasteiger partial charge >= 0.3 is 17.9 Å². The smallest absolute Gasteiger partial charge is 0.306 e. The Kier molecular flexibility index (Phi) is 35.5. The minimum atomic E-state index is -0.757. The first-order valence-corrected chi connectivity index (χ1v) is 20.9. The van der Waals surface area contributed by atoms with Crippen molar-refractivity contribution in [1.29, 1.82) is 0 Å². The van der Waals surface area contributed by atoms with Gasteiger partial charge in [0.1, 0.15) is 13.2 Å². The van der Waals surface area contributed by atoms with E-state index in [4.69, 9.17) is 14.2 Å². The van der Waals surface area contributed by atoms with Gasteiger partial charge in [0.15, 0.2) is 6.10 Å². The lowest BCUT2D eigenvalue weighted by molar-refractivity contribution is -0.167. The van der Waals surface area contributed by atoms with Crippen molar-refractivity contribution in [2.45, 2.75) is 233 Å². The van der Waals surface area contributed by atoms with Gasteiger partial charge in [-0.1, -0.05) is 188 Å². The summed E-state index contributed by atoms with van der Waals surface area (Å²) in [6.45, 7) is 8.88. The van der Waals surface area contributed by atoms with Crippen LogP contribution in [0.4, 0.5) is 0 Å². The number of hydrogen-bond acceptors (Lipinski definition) is 6. The van der Waals surface area contributed by atoms with Gasteiger partial charge in [-0.2, -0.15) is 0 Å². The molecule has 0 bridgehead atoms. The highest BCUT2D eigenvalue weighted by Crippen LogP contribution is 2.15. The van der Waals surface area contributed by atoms with Crippen LogP contribution in [-0.4, -0.2) is 37.2 Å². The van der Waals surface area contributed by atoms with E-state index in [-0.39, 0.29) is 31.1 Å². The fraction of sp³-hybridized carbons (Fsp3) is 0.929. The summed E-state index contributed by atoms with van der Waals surface area (Å²) in [7, 11) is 0. The molecule has 48 heavy (non-hydrogen) atoms. The third kappa shape index (κ3) is 35.7. The lowest BCUT2D eigenvalue weighted by Gasteiger charge is -2.18. The number of esters is 3. The summed E-state index contributed by atoms with van der Waals surface area (Å²) < 4.78 is 16.6. The Hall–Kier alpha value is -1.59. The van der Waals surface area contributed by atoms with E-state index >= 15 is 0 Å². The van der Waals surface area contributed by atoms with E-state index in [1.54, 1.807) is 0 Å². The Morgan fingerprint density at radius 3 is 1.02 bits per heavy atom. The molecular weight excluding hydrogens is 600 g/mol. The van der Waals surface area contributed by atoms with Crippen molar-refractivity contribution in [2.75, 3.05) is 13.2 Å². The first-order chi connectivity index (χ1) is 23.4. The van der Waals surface area contributed by atoms with Crippen molar-refractivity contribution in [3.05, 3.63) is 0 Å². The Balaban J connectivity index is 4.23. The summed E-state index contributed by atoms with van der Waals surface area (Å²) in [5.41, 5.74) is 0. The molecule has 0 amide bonds. The van der Waals surface area contributed by atoms with Crippen molar-refractivity contribution >= 4 is 17.9 Å². The lowest BCUT2D eigenvalue weighted by atomic mass is 10.0. The van der Waals surface area contributed by atoms with E-state index in [9.17, 15) is 14.4 Å². The maximum atomic E-state index is 12.6. The van der Waals surface area contributed by atoms with Gasteiger partial charge < -0.3 is 14.2 Å². The normalized spacial score (nSPS) is 11.9. The number of ether oxygens (including phenoxy) is 3. The third-order valence-electron chi connectivity index (χ3n) is 9.29. The van der Waals surface area contributed by atoms with Gasteiger partial charge in [0.2, 0.25) is 0 Å². The molecule has 0 aliphatic rings. The Morgan fingerprint density at radius 2 is 0.688 bits per heavy atom. The molecule has 0 radical (unpaired) electrons. The standard InChI is InChI=1S/C42H80O6/c1-5-7-9-11-12-13-14-15-16-19-22-26-30-34-41(44)47-37-39(36-46-40(43)33-29-24-10-8-6-2)48-42(45)35-31-27-23-20-17-18-21-25-28-32-38(3)4/h38-39H,5-37H2,1-4H3/t39-/m0/s1. The van der Waals surface area contributed by atoms with Gasteiger partial charge in [0.25, 0.3) is 0 Å². The molecule has 0 saturated heterocycles. The second-order valence-corrected chi connectivity index (χ2v) is 14.7. The van der Waals surface area contributed by atoms with Crippen LogP contribution in [0.2, 0.25) is 0 Å². The topological polar surface area (TPSA) is 78.9 Å². The Labute approximate surface area is 298 Å². The van der Waals surface area contributed by atoms with Crippen LogP contribution in [0.15, 0.2) is 0 Å². The van der Waals surface area contributed by atoms with Gasteiger partial charge in [-0.25, -0.2) is 0 Å². The fourth-order valence-electron chi connectivity index (χ4n) is 6.10. The van der Waals surface area contributed by atoms with Crippen LogP contribution in [-0.2, 0) is 28.6 Å². The molecule has 0 saturated carbocycles. The predicted octanol–water partition coefficient (Wildman–Crippen LogP) is 12.8. The highest BCUT2D eigenvalue weighted by atomic mass is 16.6. The van der Waals surface area contributed by atoms with Crippen molar-refractivity contribution in [1.82, 2.24) is 0 Å². The summed E-state index contributed by atoms with van der Waals surface area (Å²) in [6.07, 6.45) is 34.0. The van der Waals surface area contributed by atoms with Crippen LogP contribution in [0.3, 0.4) is 0 Å². The van der Waals surface area contributed by atoms with Crippen LogP contribution in [0.25, 0.3) is 0 Å². The molecule has 0 aliphatic carbocycles. The average Bonchev–Trinajstić information content (AvgIpc) is 3.06. The number of carbonyl (C=O) groups excluding carboxylic acids is 3. The van der Waals surface area contributed by atoms with Gasteiger partial charge in [-0.05, 0) is 25.2 Å². The summed E-state index contributed by atoms with van der Waals surface area (Å²) in [4.78, 5) is 37.3. The maximum Gasteiger partial charge on any atom is 0.306 e. The molecule has 0 rings (SSSR count).